The number of amides is 1. The number of benzene rings is 2. The zero-order valence-electron chi connectivity index (χ0n) is 21.7. The van der Waals surface area contributed by atoms with E-state index in [-0.39, 0.29) is 30.7 Å². The van der Waals surface area contributed by atoms with Gasteiger partial charge in [-0.05, 0) is 75.2 Å². The lowest BCUT2D eigenvalue weighted by Crippen LogP contribution is -2.46. The molecule has 0 saturated carbocycles. The minimum atomic E-state index is -0.986. The SMILES string of the molecule is COc1ccc(-c2nc(C(=O)CC(C)C)oc2-c2ccc(OCCN(C(=O)O)C(C)(C)C)cc2)cc1. The van der Waals surface area contributed by atoms with Crippen molar-refractivity contribution in [3.63, 3.8) is 0 Å². The predicted molar refractivity (Wildman–Crippen MR) is 138 cm³/mol. The minimum Gasteiger partial charge on any atom is -0.497 e. The van der Waals surface area contributed by atoms with Gasteiger partial charge in [0.2, 0.25) is 5.78 Å². The van der Waals surface area contributed by atoms with E-state index in [4.69, 9.17) is 13.9 Å². The van der Waals surface area contributed by atoms with Gasteiger partial charge in [0.05, 0.1) is 13.7 Å². The number of methoxy groups -OCH3 is 1. The third-order valence-corrected chi connectivity index (χ3v) is 5.56. The largest absolute Gasteiger partial charge is 0.497 e. The zero-order chi connectivity index (χ0) is 26.5. The molecule has 0 bridgehead atoms. The fourth-order valence-electron chi connectivity index (χ4n) is 3.71. The van der Waals surface area contributed by atoms with Crippen molar-refractivity contribution in [1.29, 1.82) is 0 Å². The van der Waals surface area contributed by atoms with Crippen molar-refractivity contribution in [3.05, 3.63) is 54.4 Å². The second kappa shape index (κ2) is 11.3. The molecule has 1 heterocycles. The fraction of sp³-hybridized carbons (Fsp3) is 0.393. The van der Waals surface area contributed by atoms with Gasteiger partial charge in [0.15, 0.2) is 5.76 Å². The number of oxazole rings is 1. The summed E-state index contributed by atoms with van der Waals surface area (Å²) in [5.74, 6) is 1.93. The highest BCUT2D eigenvalue weighted by Gasteiger charge is 2.26. The molecule has 8 heteroatoms. The Kier molecular flexibility index (Phi) is 8.40. The highest BCUT2D eigenvalue weighted by atomic mass is 16.5. The van der Waals surface area contributed by atoms with Gasteiger partial charge in [-0.15, -0.1) is 0 Å². The van der Waals surface area contributed by atoms with Crippen LogP contribution in [-0.2, 0) is 0 Å². The molecule has 8 nitrogen and oxygen atoms in total. The molecule has 1 N–H and O–H groups in total. The first-order chi connectivity index (χ1) is 17.0. The van der Waals surface area contributed by atoms with E-state index in [0.717, 1.165) is 11.1 Å². The molecule has 0 radical (unpaired) electrons. The summed E-state index contributed by atoms with van der Waals surface area (Å²) in [6.45, 7) is 9.93. The number of ether oxygens (including phenoxy) is 2. The Morgan fingerprint density at radius 1 is 1.00 bits per heavy atom. The van der Waals surface area contributed by atoms with Gasteiger partial charge in [-0.1, -0.05) is 13.8 Å². The van der Waals surface area contributed by atoms with E-state index in [1.54, 1.807) is 19.2 Å². The molecule has 0 saturated heterocycles. The molecule has 3 rings (SSSR count). The van der Waals surface area contributed by atoms with Crippen LogP contribution in [0.2, 0.25) is 0 Å². The Balaban J connectivity index is 1.84. The summed E-state index contributed by atoms with van der Waals surface area (Å²) in [5, 5.41) is 9.43. The van der Waals surface area contributed by atoms with Crippen molar-refractivity contribution in [2.45, 2.75) is 46.6 Å². The van der Waals surface area contributed by atoms with Gasteiger partial charge >= 0.3 is 6.09 Å². The lowest BCUT2D eigenvalue weighted by molar-refractivity contribution is 0.0891. The average Bonchev–Trinajstić information content (AvgIpc) is 3.26. The van der Waals surface area contributed by atoms with Gasteiger partial charge in [-0.2, -0.15) is 0 Å². The molecule has 0 unspecified atom stereocenters. The van der Waals surface area contributed by atoms with E-state index in [1.165, 1.54) is 4.90 Å². The van der Waals surface area contributed by atoms with Crippen LogP contribution in [0.4, 0.5) is 4.79 Å². The Morgan fingerprint density at radius 3 is 2.11 bits per heavy atom. The van der Waals surface area contributed by atoms with Crippen LogP contribution < -0.4 is 9.47 Å². The lowest BCUT2D eigenvalue weighted by Gasteiger charge is -2.32. The van der Waals surface area contributed by atoms with E-state index < -0.39 is 11.6 Å². The molecule has 1 amide bonds. The summed E-state index contributed by atoms with van der Waals surface area (Å²) in [4.78, 5) is 30.1. The molecule has 0 aliphatic rings. The Hall–Kier alpha value is -3.81. The third kappa shape index (κ3) is 6.65. The van der Waals surface area contributed by atoms with E-state index in [9.17, 15) is 14.7 Å². The summed E-state index contributed by atoms with van der Waals surface area (Å²) in [5.41, 5.74) is 1.59. The van der Waals surface area contributed by atoms with E-state index in [0.29, 0.717) is 29.4 Å². The Bertz CT molecular complexity index is 1170. The average molecular weight is 495 g/mol. The van der Waals surface area contributed by atoms with Crippen LogP contribution in [0, 0.1) is 5.92 Å². The standard InChI is InChI=1S/C28H34N2O6/c1-18(2)17-23(31)26-29-24(19-7-11-21(34-6)12-8-19)25(36-26)20-9-13-22(14-10-20)35-16-15-30(27(32)33)28(3,4)5/h7-14,18H,15-17H2,1-6H3,(H,32,33). The number of carbonyl (C=O) groups is 2. The van der Waals surface area contributed by atoms with E-state index in [2.05, 4.69) is 4.98 Å². The summed E-state index contributed by atoms with van der Waals surface area (Å²) >= 11 is 0. The maximum absolute atomic E-state index is 12.7. The second-order valence-corrected chi connectivity index (χ2v) is 9.92. The molecule has 1 aromatic heterocycles. The number of aromatic nitrogens is 1. The van der Waals surface area contributed by atoms with Crippen LogP contribution in [-0.4, -0.2) is 52.7 Å². The topological polar surface area (TPSA) is 102 Å². The van der Waals surface area contributed by atoms with Gasteiger partial charge in [0.25, 0.3) is 5.89 Å². The summed E-state index contributed by atoms with van der Waals surface area (Å²) < 4.78 is 17.0. The number of carboxylic acid groups (broad SMARTS) is 1. The van der Waals surface area contributed by atoms with Gasteiger partial charge in [0.1, 0.15) is 23.8 Å². The Labute approximate surface area is 211 Å². The highest BCUT2D eigenvalue weighted by Crippen LogP contribution is 2.35. The molecule has 0 aliphatic carbocycles. The van der Waals surface area contributed by atoms with Gasteiger partial charge < -0.3 is 23.9 Å². The summed E-state index contributed by atoms with van der Waals surface area (Å²) in [6.07, 6.45) is -0.642. The molecule has 0 atom stereocenters. The number of nitrogens with zero attached hydrogens (tertiary/aromatic N) is 2. The first-order valence-corrected chi connectivity index (χ1v) is 11.9. The van der Waals surface area contributed by atoms with Crippen LogP contribution in [0.25, 0.3) is 22.6 Å². The number of rotatable bonds is 10. The van der Waals surface area contributed by atoms with Crippen molar-refractivity contribution in [2.24, 2.45) is 5.92 Å². The molecular weight excluding hydrogens is 460 g/mol. The van der Waals surface area contributed by atoms with Crippen molar-refractivity contribution in [3.8, 4) is 34.1 Å². The van der Waals surface area contributed by atoms with Crippen LogP contribution in [0.1, 0.15) is 51.7 Å². The van der Waals surface area contributed by atoms with Crippen molar-refractivity contribution in [1.82, 2.24) is 9.88 Å². The minimum absolute atomic E-state index is 0.0841. The number of carbonyl (C=O) groups excluding carboxylic acids is 1. The Morgan fingerprint density at radius 2 is 1.58 bits per heavy atom. The van der Waals surface area contributed by atoms with Crippen molar-refractivity contribution < 1.29 is 28.6 Å². The van der Waals surface area contributed by atoms with Gasteiger partial charge in [-0.25, -0.2) is 9.78 Å². The molecule has 36 heavy (non-hydrogen) atoms. The molecule has 192 valence electrons. The zero-order valence-corrected chi connectivity index (χ0v) is 21.7. The molecule has 0 aliphatic heterocycles. The third-order valence-electron chi connectivity index (χ3n) is 5.56. The van der Waals surface area contributed by atoms with E-state index >= 15 is 0 Å². The molecule has 3 aromatic rings. The molecule has 0 spiro atoms. The molecular formula is C28H34N2O6. The van der Waals surface area contributed by atoms with Crippen LogP contribution >= 0.6 is 0 Å². The first kappa shape index (κ1) is 26.8. The second-order valence-electron chi connectivity index (χ2n) is 9.92. The number of hydrogen-bond acceptors (Lipinski definition) is 6. The first-order valence-electron chi connectivity index (χ1n) is 11.9. The maximum atomic E-state index is 12.7. The van der Waals surface area contributed by atoms with Gasteiger partial charge in [-0.3, -0.25) is 4.79 Å². The summed E-state index contributed by atoms with van der Waals surface area (Å²) in [6, 6.07) is 14.6. The predicted octanol–water partition coefficient (Wildman–Crippen LogP) is 6.40. The van der Waals surface area contributed by atoms with Crippen molar-refractivity contribution in [2.75, 3.05) is 20.3 Å². The number of ketones is 1. The van der Waals surface area contributed by atoms with Crippen molar-refractivity contribution >= 4 is 11.9 Å². The van der Waals surface area contributed by atoms with Crippen LogP contribution in [0.15, 0.2) is 52.9 Å². The summed E-state index contributed by atoms with van der Waals surface area (Å²) in [7, 11) is 1.60. The smallest absolute Gasteiger partial charge is 0.407 e. The fourth-order valence-corrected chi connectivity index (χ4v) is 3.71. The van der Waals surface area contributed by atoms with Gasteiger partial charge in [0, 0.05) is 23.1 Å². The lowest BCUT2D eigenvalue weighted by atomic mass is 10.1. The number of Topliss-reactive ketones (excluding diaryl/α,β-unsaturated/α-hetero) is 1. The van der Waals surface area contributed by atoms with E-state index in [1.807, 2.05) is 71.0 Å². The quantitative estimate of drug-likeness (QED) is 0.325. The normalized spacial score (nSPS) is 11.4. The molecule has 0 fully saturated rings. The monoisotopic (exact) mass is 494 g/mol. The highest BCUT2D eigenvalue weighted by molar-refractivity contribution is 5.94. The molecule has 2 aromatic carbocycles. The number of hydrogen-bond donors (Lipinski definition) is 1. The van der Waals surface area contributed by atoms with Crippen LogP contribution in [0.3, 0.4) is 0 Å². The maximum Gasteiger partial charge on any atom is 0.407 e. The van der Waals surface area contributed by atoms with Crippen LogP contribution in [0.5, 0.6) is 11.5 Å².